The van der Waals surface area contributed by atoms with E-state index in [0.717, 1.165) is 24.6 Å². The summed E-state index contributed by atoms with van der Waals surface area (Å²) in [6, 6.07) is 3.85. The van der Waals surface area contributed by atoms with E-state index in [4.69, 9.17) is 14.2 Å². The van der Waals surface area contributed by atoms with E-state index >= 15 is 0 Å². The van der Waals surface area contributed by atoms with Crippen LogP contribution in [0.2, 0.25) is 0 Å². The molecule has 0 aliphatic rings. The van der Waals surface area contributed by atoms with Crippen molar-refractivity contribution >= 4 is 5.69 Å². The van der Waals surface area contributed by atoms with E-state index in [2.05, 4.69) is 19.2 Å². The van der Waals surface area contributed by atoms with Gasteiger partial charge in [-0.1, -0.05) is 13.8 Å². The topological polar surface area (TPSA) is 39.7 Å². The van der Waals surface area contributed by atoms with Crippen LogP contribution in [0.15, 0.2) is 12.1 Å². The second kappa shape index (κ2) is 7.77. The predicted octanol–water partition coefficient (Wildman–Crippen LogP) is 3.56. The van der Waals surface area contributed by atoms with Crippen molar-refractivity contribution in [2.24, 2.45) is 5.92 Å². The van der Waals surface area contributed by atoms with Gasteiger partial charge >= 0.3 is 0 Å². The molecule has 0 unspecified atom stereocenters. The van der Waals surface area contributed by atoms with E-state index in [1.807, 2.05) is 12.1 Å². The summed E-state index contributed by atoms with van der Waals surface area (Å²) in [6.45, 7) is 5.41. The first-order valence-corrected chi connectivity index (χ1v) is 6.66. The number of hydrogen-bond acceptors (Lipinski definition) is 4. The van der Waals surface area contributed by atoms with Crippen LogP contribution in [-0.4, -0.2) is 27.9 Å². The summed E-state index contributed by atoms with van der Waals surface area (Å²) in [5, 5.41) is 3.39. The van der Waals surface area contributed by atoms with Crippen molar-refractivity contribution in [1.82, 2.24) is 0 Å². The summed E-state index contributed by atoms with van der Waals surface area (Å²) in [5.41, 5.74) is 0.984. The maximum atomic E-state index is 5.32. The Hall–Kier alpha value is -1.58. The molecule has 0 radical (unpaired) electrons. The van der Waals surface area contributed by atoms with Gasteiger partial charge < -0.3 is 19.5 Å². The van der Waals surface area contributed by atoms with Crippen molar-refractivity contribution in [3.63, 3.8) is 0 Å². The predicted molar refractivity (Wildman–Crippen MR) is 78.7 cm³/mol. The molecule has 0 heterocycles. The number of anilines is 1. The first-order valence-electron chi connectivity index (χ1n) is 6.66. The van der Waals surface area contributed by atoms with E-state index in [1.54, 1.807) is 21.3 Å². The number of hydrogen-bond donors (Lipinski definition) is 1. The minimum absolute atomic E-state index is 0.623. The highest BCUT2D eigenvalue weighted by molar-refractivity contribution is 5.62. The molecule has 4 heteroatoms. The van der Waals surface area contributed by atoms with E-state index in [0.29, 0.717) is 17.2 Å². The first-order chi connectivity index (χ1) is 9.12. The molecule has 4 nitrogen and oxygen atoms in total. The highest BCUT2D eigenvalue weighted by atomic mass is 16.5. The molecule has 1 N–H and O–H groups in total. The molecule has 108 valence electrons. The van der Waals surface area contributed by atoms with Gasteiger partial charge in [0.25, 0.3) is 0 Å². The minimum atomic E-state index is 0.623. The summed E-state index contributed by atoms with van der Waals surface area (Å²) in [4.78, 5) is 0. The zero-order valence-electron chi connectivity index (χ0n) is 12.6. The van der Waals surface area contributed by atoms with Crippen LogP contribution in [-0.2, 0) is 0 Å². The third kappa shape index (κ3) is 4.54. The largest absolute Gasteiger partial charge is 0.493 e. The molecule has 0 spiro atoms. The molecule has 0 saturated heterocycles. The molecule has 0 aliphatic carbocycles. The number of benzene rings is 1. The van der Waals surface area contributed by atoms with Crippen LogP contribution in [0, 0.1) is 5.92 Å². The van der Waals surface area contributed by atoms with Crippen molar-refractivity contribution in [3.05, 3.63) is 12.1 Å². The number of ether oxygens (including phenoxy) is 3. The Bertz CT molecular complexity index is 366. The zero-order valence-corrected chi connectivity index (χ0v) is 12.6. The standard InChI is InChI=1S/C15H25NO3/c1-11(2)7-6-8-16-12-9-13(17-3)15(19-5)14(10-12)18-4/h9-11,16H,6-8H2,1-5H3. The molecule has 0 aliphatic heterocycles. The van der Waals surface area contributed by atoms with Crippen LogP contribution in [0.25, 0.3) is 0 Å². The van der Waals surface area contributed by atoms with E-state index in [9.17, 15) is 0 Å². The van der Waals surface area contributed by atoms with E-state index in [-0.39, 0.29) is 0 Å². The molecular weight excluding hydrogens is 242 g/mol. The number of nitrogens with one attached hydrogen (secondary N) is 1. The summed E-state index contributed by atoms with van der Waals surface area (Å²) in [6.07, 6.45) is 2.37. The number of rotatable bonds is 8. The van der Waals surface area contributed by atoms with Crippen LogP contribution in [0.1, 0.15) is 26.7 Å². The Morgan fingerprint density at radius 3 is 2.00 bits per heavy atom. The molecule has 19 heavy (non-hydrogen) atoms. The van der Waals surface area contributed by atoms with Gasteiger partial charge in [-0.05, 0) is 18.8 Å². The fraction of sp³-hybridized carbons (Fsp3) is 0.600. The minimum Gasteiger partial charge on any atom is -0.493 e. The van der Waals surface area contributed by atoms with Gasteiger partial charge in [-0.25, -0.2) is 0 Å². The van der Waals surface area contributed by atoms with E-state index in [1.165, 1.54) is 6.42 Å². The van der Waals surface area contributed by atoms with Crippen molar-refractivity contribution in [2.75, 3.05) is 33.2 Å². The second-order valence-corrected chi connectivity index (χ2v) is 4.88. The van der Waals surface area contributed by atoms with E-state index < -0.39 is 0 Å². The highest BCUT2D eigenvalue weighted by Gasteiger charge is 2.12. The lowest BCUT2D eigenvalue weighted by Crippen LogP contribution is -2.04. The summed E-state index contributed by atoms with van der Waals surface area (Å²) < 4.78 is 15.9. The molecule has 0 amide bonds. The van der Waals surface area contributed by atoms with Crippen LogP contribution in [0.3, 0.4) is 0 Å². The average molecular weight is 267 g/mol. The normalized spacial score (nSPS) is 10.4. The molecular formula is C15H25NO3. The maximum Gasteiger partial charge on any atom is 0.203 e. The summed E-state index contributed by atoms with van der Waals surface area (Å²) in [5.74, 6) is 2.71. The molecule has 0 fully saturated rings. The molecule has 0 saturated carbocycles. The van der Waals surface area contributed by atoms with Gasteiger partial charge in [-0.3, -0.25) is 0 Å². The molecule has 1 aromatic carbocycles. The Kier molecular flexibility index (Phi) is 6.33. The Balaban J connectivity index is 2.73. The average Bonchev–Trinajstić information content (AvgIpc) is 2.42. The summed E-state index contributed by atoms with van der Waals surface area (Å²) in [7, 11) is 4.86. The van der Waals surface area contributed by atoms with Crippen molar-refractivity contribution < 1.29 is 14.2 Å². The highest BCUT2D eigenvalue weighted by Crippen LogP contribution is 2.39. The van der Waals surface area contributed by atoms with Gasteiger partial charge in [0, 0.05) is 24.4 Å². The van der Waals surface area contributed by atoms with Gasteiger partial charge in [0.1, 0.15) is 0 Å². The van der Waals surface area contributed by atoms with Gasteiger partial charge in [-0.2, -0.15) is 0 Å². The molecule has 0 bridgehead atoms. The Labute approximate surface area is 116 Å². The van der Waals surface area contributed by atoms with Crippen molar-refractivity contribution in [2.45, 2.75) is 26.7 Å². The third-order valence-corrected chi connectivity index (χ3v) is 2.95. The van der Waals surface area contributed by atoms with Crippen LogP contribution in [0.5, 0.6) is 17.2 Å². The third-order valence-electron chi connectivity index (χ3n) is 2.95. The zero-order chi connectivity index (χ0) is 14.3. The second-order valence-electron chi connectivity index (χ2n) is 4.88. The van der Waals surface area contributed by atoms with Gasteiger partial charge in [0.2, 0.25) is 5.75 Å². The Morgan fingerprint density at radius 1 is 1.00 bits per heavy atom. The summed E-state index contributed by atoms with van der Waals surface area (Å²) >= 11 is 0. The maximum absolute atomic E-state index is 5.32. The molecule has 1 rings (SSSR count). The van der Waals surface area contributed by atoms with Crippen molar-refractivity contribution in [1.29, 1.82) is 0 Å². The fourth-order valence-electron chi connectivity index (χ4n) is 1.93. The van der Waals surface area contributed by atoms with Crippen LogP contribution in [0.4, 0.5) is 5.69 Å². The molecule has 1 aromatic rings. The van der Waals surface area contributed by atoms with Gasteiger partial charge in [0.15, 0.2) is 11.5 Å². The smallest absolute Gasteiger partial charge is 0.203 e. The monoisotopic (exact) mass is 267 g/mol. The lowest BCUT2D eigenvalue weighted by atomic mass is 10.1. The van der Waals surface area contributed by atoms with Crippen LogP contribution < -0.4 is 19.5 Å². The van der Waals surface area contributed by atoms with Gasteiger partial charge in [-0.15, -0.1) is 0 Å². The Morgan fingerprint density at radius 2 is 1.58 bits per heavy atom. The lowest BCUT2D eigenvalue weighted by Gasteiger charge is -2.15. The fourth-order valence-corrected chi connectivity index (χ4v) is 1.93. The quantitative estimate of drug-likeness (QED) is 0.731. The lowest BCUT2D eigenvalue weighted by molar-refractivity contribution is 0.324. The van der Waals surface area contributed by atoms with Crippen molar-refractivity contribution in [3.8, 4) is 17.2 Å². The molecule has 0 atom stereocenters. The first kappa shape index (κ1) is 15.5. The van der Waals surface area contributed by atoms with Crippen LogP contribution >= 0.6 is 0 Å². The molecule has 0 aromatic heterocycles. The SMILES string of the molecule is COc1cc(NCCCC(C)C)cc(OC)c1OC. The van der Waals surface area contributed by atoms with Gasteiger partial charge in [0.05, 0.1) is 21.3 Å². The number of methoxy groups -OCH3 is 3.